The molecule has 22 heavy (non-hydrogen) atoms. The van der Waals surface area contributed by atoms with Crippen molar-refractivity contribution < 1.29 is 9.31 Å². The molecule has 0 aliphatic carbocycles. The molecule has 0 saturated carbocycles. The van der Waals surface area contributed by atoms with Gasteiger partial charge in [-0.05, 0) is 71.1 Å². The van der Waals surface area contributed by atoms with Gasteiger partial charge in [0, 0.05) is 11.1 Å². The maximum Gasteiger partial charge on any atom is 0.458 e. The van der Waals surface area contributed by atoms with Crippen LogP contribution in [0.2, 0.25) is 6.32 Å². The van der Waals surface area contributed by atoms with Gasteiger partial charge in [-0.15, -0.1) is 0 Å². The fraction of sp³-hybridized carbons (Fsp3) is 0.500. The second-order valence-corrected chi connectivity index (χ2v) is 7.20. The SMILES string of the molecule is Cc1ccc2cc(CCB3OC(C)(C)C(C)(C)O3)ccc2n1. The quantitative estimate of drug-likeness (QED) is 0.796. The van der Waals surface area contributed by atoms with Crippen LogP contribution in [0, 0.1) is 6.92 Å². The van der Waals surface area contributed by atoms with Crippen LogP contribution in [0.1, 0.15) is 39.0 Å². The number of hydrogen-bond donors (Lipinski definition) is 0. The van der Waals surface area contributed by atoms with Crippen molar-refractivity contribution in [1.29, 1.82) is 0 Å². The molecule has 1 aromatic heterocycles. The number of fused-ring (bicyclic) bond motifs is 1. The molecular formula is C18H24BNO2. The van der Waals surface area contributed by atoms with E-state index in [1.807, 2.05) is 6.92 Å². The number of aryl methyl sites for hydroxylation is 2. The highest BCUT2D eigenvalue weighted by molar-refractivity contribution is 6.45. The van der Waals surface area contributed by atoms with Gasteiger partial charge in [0.15, 0.2) is 0 Å². The minimum atomic E-state index is -0.248. The van der Waals surface area contributed by atoms with Gasteiger partial charge < -0.3 is 9.31 Å². The van der Waals surface area contributed by atoms with Crippen LogP contribution in [0.4, 0.5) is 0 Å². The Bertz CT molecular complexity index is 681. The maximum absolute atomic E-state index is 6.05. The molecule has 116 valence electrons. The molecule has 0 bridgehead atoms. The van der Waals surface area contributed by atoms with Gasteiger partial charge in [0.1, 0.15) is 0 Å². The van der Waals surface area contributed by atoms with Crippen LogP contribution in [0.25, 0.3) is 10.9 Å². The summed E-state index contributed by atoms with van der Waals surface area (Å²) in [4.78, 5) is 4.54. The smallest absolute Gasteiger partial charge is 0.403 e. The zero-order valence-electron chi connectivity index (χ0n) is 14.1. The summed E-state index contributed by atoms with van der Waals surface area (Å²) in [5.41, 5.74) is 2.91. The monoisotopic (exact) mass is 297 g/mol. The molecule has 2 aromatic rings. The Hall–Kier alpha value is -1.39. The fourth-order valence-electron chi connectivity index (χ4n) is 2.80. The molecule has 3 rings (SSSR count). The molecule has 0 spiro atoms. The second-order valence-electron chi connectivity index (χ2n) is 7.20. The first-order chi connectivity index (χ1) is 10.3. The molecule has 0 unspecified atom stereocenters. The zero-order valence-corrected chi connectivity index (χ0v) is 14.1. The minimum Gasteiger partial charge on any atom is -0.403 e. The lowest BCUT2D eigenvalue weighted by molar-refractivity contribution is 0.00578. The first-order valence-corrected chi connectivity index (χ1v) is 7.99. The molecule has 4 heteroatoms. The number of benzene rings is 1. The van der Waals surface area contributed by atoms with Crippen LogP contribution in [-0.4, -0.2) is 23.3 Å². The number of rotatable bonds is 3. The summed E-state index contributed by atoms with van der Waals surface area (Å²) < 4.78 is 12.1. The van der Waals surface area contributed by atoms with Gasteiger partial charge in [-0.2, -0.15) is 0 Å². The van der Waals surface area contributed by atoms with E-state index in [4.69, 9.17) is 9.31 Å². The summed E-state index contributed by atoms with van der Waals surface area (Å²) in [5, 5.41) is 1.19. The largest absolute Gasteiger partial charge is 0.458 e. The Labute approximate surface area is 133 Å². The molecule has 1 aromatic carbocycles. The van der Waals surface area contributed by atoms with Crippen molar-refractivity contribution >= 4 is 18.0 Å². The summed E-state index contributed by atoms with van der Waals surface area (Å²) in [6, 6.07) is 10.7. The van der Waals surface area contributed by atoms with Crippen molar-refractivity contribution in [3.63, 3.8) is 0 Å². The van der Waals surface area contributed by atoms with Gasteiger partial charge in [-0.25, -0.2) is 0 Å². The second kappa shape index (κ2) is 5.36. The van der Waals surface area contributed by atoms with Crippen molar-refractivity contribution in [2.75, 3.05) is 0 Å². The van der Waals surface area contributed by atoms with E-state index in [0.717, 1.165) is 24.0 Å². The summed E-state index contributed by atoms with van der Waals surface area (Å²) in [7, 11) is -0.128. The Morgan fingerprint density at radius 3 is 2.36 bits per heavy atom. The van der Waals surface area contributed by atoms with Crippen molar-refractivity contribution in [2.24, 2.45) is 0 Å². The van der Waals surface area contributed by atoms with Gasteiger partial charge in [-0.3, -0.25) is 4.98 Å². The molecule has 1 aliphatic rings. The molecule has 2 heterocycles. The highest BCUT2D eigenvalue weighted by atomic mass is 16.7. The first kappa shape index (κ1) is 15.5. The highest BCUT2D eigenvalue weighted by Crippen LogP contribution is 2.38. The van der Waals surface area contributed by atoms with Crippen LogP contribution in [0.3, 0.4) is 0 Å². The van der Waals surface area contributed by atoms with E-state index in [1.54, 1.807) is 0 Å². The zero-order chi connectivity index (χ0) is 16.0. The summed E-state index contributed by atoms with van der Waals surface area (Å²) in [6.07, 6.45) is 1.82. The number of aromatic nitrogens is 1. The van der Waals surface area contributed by atoms with Crippen LogP contribution < -0.4 is 0 Å². The predicted octanol–water partition coefficient (Wildman–Crippen LogP) is 4.18. The predicted molar refractivity (Wildman–Crippen MR) is 91.1 cm³/mol. The van der Waals surface area contributed by atoms with Crippen LogP contribution in [0.5, 0.6) is 0 Å². The van der Waals surface area contributed by atoms with Crippen molar-refractivity contribution in [1.82, 2.24) is 4.98 Å². The topological polar surface area (TPSA) is 31.4 Å². The van der Waals surface area contributed by atoms with Gasteiger partial charge in [0.05, 0.1) is 16.7 Å². The normalized spacial score (nSPS) is 19.8. The molecule has 0 radical (unpaired) electrons. The lowest BCUT2D eigenvalue weighted by Gasteiger charge is -2.32. The third-order valence-corrected chi connectivity index (χ3v) is 4.86. The van der Waals surface area contributed by atoms with Gasteiger partial charge in [-0.1, -0.05) is 12.1 Å². The van der Waals surface area contributed by atoms with Crippen molar-refractivity contribution in [3.8, 4) is 0 Å². The molecular weight excluding hydrogens is 273 g/mol. The third-order valence-electron chi connectivity index (χ3n) is 4.86. The third kappa shape index (κ3) is 2.90. The Balaban J connectivity index is 1.69. The number of nitrogens with zero attached hydrogens (tertiary/aromatic N) is 1. The van der Waals surface area contributed by atoms with Crippen LogP contribution in [0.15, 0.2) is 30.3 Å². The van der Waals surface area contributed by atoms with Crippen molar-refractivity contribution in [3.05, 3.63) is 41.6 Å². The average Bonchev–Trinajstić information content (AvgIpc) is 2.64. The fourth-order valence-corrected chi connectivity index (χ4v) is 2.80. The maximum atomic E-state index is 6.05. The van der Waals surface area contributed by atoms with E-state index < -0.39 is 0 Å². The summed E-state index contributed by atoms with van der Waals surface area (Å²) in [5.74, 6) is 0. The van der Waals surface area contributed by atoms with E-state index in [0.29, 0.717) is 0 Å². The lowest BCUT2D eigenvalue weighted by atomic mass is 9.81. The van der Waals surface area contributed by atoms with E-state index in [-0.39, 0.29) is 18.3 Å². The first-order valence-electron chi connectivity index (χ1n) is 7.99. The molecule has 1 fully saturated rings. The molecule has 3 nitrogen and oxygen atoms in total. The molecule has 1 saturated heterocycles. The van der Waals surface area contributed by atoms with E-state index in [1.165, 1.54) is 10.9 Å². The molecule has 0 N–H and O–H groups in total. The van der Waals surface area contributed by atoms with E-state index in [9.17, 15) is 0 Å². The molecule has 0 atom stereocenters. The molecule has 1 aliphatic heterocycles. The Morgan fingerprint density at radius 1 is 1.00 bits per heavy atom. The minimum absolute atomic E-state index is 0.128. The van der Waals surface area contributed by atoms with E-state index >= 15 is 0 Å². The molecule has 0 amide bonds. The standard InChI is InChI=1S/C18H24BNO2/c1-13-6-8-15-12-14(7-9-16(15)20-13)10-11-19-21-17(2,3)18(4,5)22-19/h6-9,12H,10-11H2,1-5H3. The van der Waals surface area contributed by atoms with Gasteiger partial charge in [0.2, 0.25) is 0 Å². The number of pyridine rings is 1. The van der Waals surface area contributed by atoms with E-state index in [2.05, 4.69) is 63.0 Å². The Morgan fingerprint density at radius 2 is 1.68 bits per heavy atom. The highest BCUT2D eigenvalue weighted by Gasteiger charge is 2.50. The number of hydrogen-bond acceptors (Lipinski definition) is 3. The summed E-state index contributed by atoms with van der Waals surface area (Å²) in [6.45, 7) is 10.4. The average molecular weight is 297 g/mol. The van der Waals surface area contributed by atoms with Crippen LogP contribution >= 0.6 is 0 Å². The van der Waals surface area contributed by atoms with Crippen molar-refractivity contribution in [2.45, 2.75) is 58.6 Å². The summed E-state index contributed by atoms with van der Waals surface area (Å²) >= 11 is 0. The lowest BCUT2D eigenvalue weighted by Crippen LogP contribution is -2.41. The van der Waals surface area contributed by atoms with Gasteiger partial charge in [0.25, 0.3) is 0 Å². The van der Waals surface area contributed by atoms with Gasteiger partial charge >= 0.3 is 7.12 Å². The van der Waals surface area contributed by atoms with Crippen LogP contribution in [-0.2, 0) is 15.7 Å². The Kier molecular flexibility index (Phi) is 3.78.